The molecule has 0 spiro atoms. The van der Waals surface area contributed by atoms with E-state index in [-0.39, 0.29) is 10.9 Å². The number of anilines is 1. The maximum atomic E-state index is 13.1. The van der Waals surface area contributed by atoms with Crippen LogP contribution in [0.15, 0.2) is 47.5 Å². The standard InChI is InChI=1S/C17H21N3O3S/c1-18-17-11-13(8-9-19-17)16-7-4-10-20(16)24(21,22)15-6-3-5-14(12-15)23-2/h3,5-6,8-9,11-12,16H,4,7,10H2,1-2H3,(H,18,19)/t16-/m1/s1. The Morgan fingerprint density at radius 3 is 2.88 bits per heavy atom. The first kappa shape index (κ1) is 16.7. The highest BCUT2D eigenvalue weighted by molar-refractivity contribution is 7.89. The molecule has 0 bridgehead atoms. The highest BCUT2D eigenvalue weighted by atomic mass is 32.2. The van der Waals surface area contributed by atoms with Gasteiger partial charge in [-0.05, 0) is 42.7 Å². The van der Waals surface area contributed by atoms with Crippen LogP contribution >= 0.6 is 0 Å². The molecule has 1 aliphatic rings. The highest BCUT2D eigenvalue weighted by Crippen LogP contribution is 2.37. The molecule has 2 aromatic rings. The van der Waals surface area contributed by atoms with Gasteiger partial charge >= 0.3 is 0 Å². The molecule has 0 aliphatic carbocycles. The fourth-order valence-corrected chi connectivity index (χ4v) is 4.77. The fourth-order valence-electron chi connectivity index (χ4n) is 3.05. The summed E-state index contributed by atoms with van der Waals surface area (Å²) in [5.74, 6) is 1.27. The number of sulfonamides is 1. The lowest BCUT2D eigenvalue weighted by atomic mass is 10.1. The smallest absolute Gasteiger partial charge is 0.243 e. The van der Waals surface area contributed by atoms with E-state index < -0.39 is 10.0 Å². The normalized spacial score (nSPS) is 18.5. The zero-order chi connectivity index (χ0) is 17.2. The lowest BCUT2D eigenvalue weighted by Crippen LogP contribution is -2.30. The molecule has 0 radical (unpaired) electrons. The Morgan fingerprint density at radius 1 is 1.29 bits per heavy atom. The molecule has 0 amide bonds. The summed E-state index contributed by atoms with van der Waals surface area (Å²) in [6, 6.07) is 10.2. The van der Waals surface area contributed by atoms with Crippen molar-refractivity contribution in [3.63, 3.8) is 0 Å². The van der Waals surface area contributed by atoms with Crippen LogP contribution in [-0.4, -0.2) is 38.4 Å². The van der Waals surface area contributed by atoms with E-state index >= 15 is 0 Å². The van der Waals surface area contributed by atoms with Crippen molar-refractivity contribution in [1.82, 2.24) is 9.29 Å². The van der Waals surface area contributed by atoms with Gasteiger partial charge in [0.05, 0.1) is 18.0 Å². The van der Waals surface area contributed by atoms with Gasteiger partial charge in [0, 0.05) is 25.9 Å². The first-order valence-electron chi connectivity index (χ1n) is 7.86. The first-order chi connectivity index (χ1) is 11.6. The number of rotatable bonds is 5. The van der Waals surface area contributed by atoms with E-state index in [1.165, 1.54) is 7.11 Å². The molecule has 7 heteroatoms. The number of hydrogen-bond acceptors (Lipinski definition) is 5. The van der Waals surface area contributed by atoms with Crippen LogP contribution in [0, 0.1) is 0 Å². The van der Waals surface area contributed by atoms with Crippen LogP contribution in [0.3, 0.4) is 0 Å². The molecule has 0 unspecified atom stereocenters. The van der Waals surface area contributed by atoms with Crippen molar-refractivity contribution in [3.8, 4) is 5.75 Å². The second-order valence-electron chi connectivity index (χ2n) is 5.68. The average molecular weight is 347 g/mol. The molecule has 3 rings (SSSR count). The van der Waals surface area contributed by atoms with Crippen molar-refractivity contribution in [2.75, 3.05) is 26.0 Å². The summed E-state index contributed by atoms with van der Waals surface area (Å²) in [6.45, 7) is 0.515. The average Bonchev–Trinajstić information content (AvgIpc) is 3.12. The maximum Gasteiger partial charge on any atom is 0.243 e. The quantitative estimate of drug-likeness (QED) is 0.900. The highest BCUT2D eigenvalue weighted by Gasteiger charge is 2.36. The molecule has 128 valence electrons. The lowest BCUT2D eigenvalue weighted by molar-refractivity contribution is 0.394. The van der Waals surface area contributed by atoms with E-state index in [9.17, 15) is 8.42 Å². The van der Waals surface area contributed by atoms with Gasteiger partial charge in [-0.3, -0.25) is 0 Å². The molecule has 2 heterocycles. The van der Waals surface area contributed by atoms with Gasteiger partial charge in [0.15, 0.2) is 0 Å². The van der Waals surface area contributed by atoms with E-state index in [1.807, 2.05) is 12.1 Å². The number of aromatic nitrogens is 1. The molecule has 1 N–H and O–H groups in total. The van der Waals surface area contributed by atoms with Gasteiger partial charge in [-0.2, -0.15) is 4.31 Å². The van der Waals surface area contributed by atoms with Crippen molar-refractivity contribution in [2.24, 2.45) is 0 Å². The summed E-state index contributed by atoms with van der Waals surface area (Å²) in [4.78, 5) is 4.46. The SMILES string of the molecule is CNc1cc([C@H]2CCCN2S(=O)(=O)c2cccc(OC)c2)ccn1. The minimum absolute atomic E-state index is 0.170. The molecule has 1 aromatic heterocycles. The minimum atomic E-state index is -3.58. The summed E-state index contributed by atoms with van der Waals surface area (Å²) >= 11 is 0. The van der Waals surface area contributed by atoms with Gasteiger partial charge in [0.2, 0.25) is 10.0 Å². The second kappa shape index (κ2) is 6.78. The second-order valence-corrected chi connectivity index (χ2v) is 7.57. The zero-order valence-corrected chi connectivity index (χ0v) is 14.6. The molecule has 1 aromatic carbocycles. The molecule has 1 saturated heterocycles. The Kier molecular flexibility index (Phi) is 4.73. The zero-order valence-electron chi connectivity index (χ0n) is 13.8. The summed E-state index contributed by atoms with van der Waals surface area (Å²) in [5, 5.41) is 3.00. The first-order valence-corrected chi connectivity index (χ1v) is 9.30. The summed E-state index contributed by atoms with van der Waals surface area (Å²) in [5.41, 5.74) is 0.957. The molecule has 24 heavy (non-hydrogen) atoms. The Balaban J connectivity index is 1.96. The van der Waals surface area contributed by atoms with Crippen molar-refractivity contribution in [2.45, 2.75) is 23.8 Å². The maximum absolute atomic E-state index is 13.1. The van der Waals surface area contributed by atoms with Gasteiger partial charge in [-0.25, -0.2) is 13.4 Å². The molecule has 1 atom stereocenters. The van der Waals surface area contributed by atoms with Crippen LogP contribution in [0.4, 0.5) is 5.82 Å². The predicted molar refractivity (Wildman–Crippen MR) is 92.6 cm³/mol. The van der Waals surface area contributed by atoms with Crippen LogP contribution in [0.5, 0.6) is 5.75 Å². The number of benzene rings is 1. The summed E-state index contributed by atoms with van der Waals surface area (Å²) < 4.78 is 32.9. The van der Waals surface area contributed by atoms with Crippen LogP contribution in [-0.2, 0) is 10.0 Å². The van der Waals surface area contributed by atoms with Gasteiger partial charge < -0.3 is 10.1 Å². The van der Waals surface area contributed by atoms with Gasteiger partial charge in [-0.15, -0.1) is 0 Å². The number of pyridine rings is 1. The summed E-state index contributed by atoms with van der Waals surface area (Å²) in [6.07, 6.45) is 3.34. The Morgan fingerprint density at radius 2 is 2.12 bits per heavy atom. The van der Waals surface area contributed by atoms with Crippen molar-refractivity contribution in [1.29, 1.82) is 0 Å². The van der Waals surface area contributed by atoms with Crippen LogP contribution in [0.25, 0.3) is 0 Å². The number of ether oxygens (including phenoxy) is 1. The van der Waals surface area contributed by atoms with Gasteiger partial charge in [0.1, 0.15) is 11.6 Å². The third kappa shape index (κ3) is 3.09. The molecule has 1 aliphatic heterocycles. The Bertz CT molecular complexity index is 823. The van der Waals surface area contributed by atoms with E-state index in [0.717, 1.165) is 24.2 Å². The lowest BCUT2D eigenvalue weighted by Gasteiger charge is -2.24. The monoisotopic (exact) mass is 347 g/mol. The van der Waals surface area contributed by atoms with Crippen molar-refractivity contribution >= 4 is 15.8 Å². The largest absolute Gasteiger partial charge is 0.497 e. The topological polar surface area (TPSA) is 71.5 Å². The van der Waals surface area contributed by atoms with Crippen LogP contribution in [0.2, 0.25) is 0 Å². The number of nitrogens with zero attached hydrogens (tertiary/aromatic N) is 2. The number of nitrogens with one attached hydrogen (secondary N) is 1. The third-order valence-corrected chi connectivity index (χ3v) is 6.18. The van der Waals surface area contributed by atoms with Gasteiger partial charge in [-0.1, -0.05) is 6.07 Å². The number of hydrogen-bond donors (Lipinski definition) is 1. The van der Waals surface area contributed by atoms with Crippen molar-refractivity contribution < 1.29 is 13.2 Å². The Hall–Kier alpha value is -2.12. The molecular formula is C17H21N3O3S. The fraction of sp³-hybridized carbons (Fsp3) is 0.353. The molecular weight excluding hydrogens is 326 g/mol. The molecule has 1 fully saturated rings. The van der Waals surface area contributed by atoms with Gasteiger partial charge in [0.25, 0.3) is 0 Å². The Labute approximate surface area is 142 Å². The number of methoxy groups -OCH3 is 1. The van der Waals surface area contributed by atoms with E-state index in [1.54, 1.807) is 41.8 Å². The van der Waals surface area contributed by atoms with Crippen LogP contribution < -0.4 is 10.1 Å². The van der Waals surface area contributed by atoms with Crippen LogP contribution in [0.1, 0.15) is 24.4 Å². The molecule has 6 nitrogen and oxygen atoms in total. The van der Waals surface area contributed by atoms with E-state index in [2.05, 4.69) is 10.3 Å². The van der Waals surface area contributed by atoms with Crippen molar-refractivity contribution in [3.05, 3.63) is 48.2 Å². The summed E-state index contributed by atoms with van der Waals surface area (Å²) in [7, 11) is -0.250. The third-order valence-electron chi connectivity index (χ3n) is 4.28. The van der Waals surface area contributed by atoms with E-state index in [0.29, 0.717) is 12.3 Å². The van der Waals surface area contributed by atoms with E-state index in [4.69, 9.17) is 4.74 Å². The minimum Gasteiger partial charge on any atom is -0.497 e. The molecule has 0 saturated carbocycles. The predicted octanol–water partition coefficient (Wildman–Crippen LogP) is 2.66.